The van der Waals surface area contributed by atoms with Gasteiger partial charge in [-0.25, -0.2) is 0 Å². The second-order valence-corrected chi connectivity index (χ2v) is 16.3. The van der Waals surface area contributed by atoms with E-state index in [1.165, 1.54) is 34.9 Å². The van der Waals surface area contributed by atoms with Gasteiger partial charge in [0.05, 0.1) is 27.2 Å². The van der Waals surface area contributed by atoms with Crippen molar-refractivity contribution in [2.24, 2.45) is 23.7 Å². The number of rotatable bonds is 5. The van der Waals surface area contributed by atoms with Crippen LogP contribution in [-0.4, -0.2) is 79.9 Å². The van der Waals surface area contributed by atoms with Gasteiger partial charge in [0, 0.05) is 69.3 Å². The summed E-state index contributed by atoms with van der Waals surface area (Å²) in [6, 6.07) is 13.6. The number of nitrogens with zero attached hydrogens (tertiary/aromatic N) is 1. The van der Waals surface area contributed by atoms with Gasteiger partial charge in [-0.1, -0.05) is 43.2 Å². The van der Waals surface area contributed by atoms with Gasteiger partial charge in [-0.05, 0) is 99.6 Å². The van der Waals surface area contributed by atoms with Crippen molar-refractivity contribution in [3.8, 4) is 5.75 Å². The summed E-state index contributed by atoms with van der Waals surface area (Å²) in [7, 11) is 6.98. The molecule has 3 saturated heterocycles. The van der Waals surface area contributed by atoms with Crippen LogP contribution in [0.1, 0.15) is 79.9 Å². The summed E-state index contributed by atoms with van der Waals surface area (Å²) in [6.45, 7) is 5.18. The van der Waals surface area contributed by atoms with Crippen molar-refractivity contribution in [1.82, 2.24) is 20.2 Å². The Kier molecular flexibility index (Phi) is 8.12. The first-order valence-electron chi connectivity index (χ1n) is 19.4. The number of esters is 2. The van der Waals surface area contributed by atoms with Gasteiger partial charge in [-0.2, -0.15) is 0 Å². The second kappa shape index (κ2) is 12.5. The number of aromatic nitrogens is 2. The molecule has 274 valence electrons. The molecule has 10 rings (SSSR count). The highest BCUT2D eigenvalue weighted by Crippen LogP contribution is 2.57. The highest BCUT2D eigenvalue weighted by atomic mass is 16.5. The van der Waals surface area contributed by atoms with Gasteiger partial charge in [0.15, 0.2) is 0 Å². The molecule has 3 aliphatic carbocycles. The van der Waals surface area contributed by atoms with Gasteiger partial charge in [-0.3, -0.25) is 14.5 Å². The second-order valence-electron chi connectivity index (χ2n) is 16.3. The van der Waals surface area contributed by atoms with Gasteiger partial charge in [0.2, 0.25) is 0 Å². The van der Waals surface area contributed by atoms with E-state index in [1.807, 2.05) is 0 Å². The number of allylic oxidation sites excluding steroid dienone is 1. The molecule has 0 spiro atoms. The molecule has 9 atom stereocenters. The molecule has 1 saturated carbocycles. The average Bonchev–Trinajstić information content (AvgIpc) is 3.69. The van der Waals surface area contributed by atoms with Crippen LogP contribution in [0.25, 0.3) is 21.8 Å². The lowest BCUT2D eigenvalue weighted by molar-refractivity contribution is -0.158. The maximum Gasteiger partial charge on any atom is 0.318 e. The minimum Gasteiger partial charge on any atom is -0.496 e. The number of methoxy groups -OCH3 is 3. The summed E-state index contributed by atoms with van der Waals surface area (Å²) < 4.78 is 17.6. The zero-order chi connectivity index (χ0) is 36.1. The van der Waals surface area contributed by atoms with Gasteiger partial charge in [0.1, 0.15) is 11.2 Å². The molecule has 3 aliphatic heterocycles. The van der Waals surface area contributed by atoms with E-state index in [1.54, 1.807) is 14.2 Å². The monoisotopic (exact) mass is 704 g/mol. The van der Waals surface area contributed by atoms with Crippen LogP contribution in [0.5, 0.6) is 5.75 Å². The maximum absolute atomic E-state index is 14.2. The molecule has 6 aliphatic rings. The summed E-state index contributed by atoms with van der Waals surface area (Å²) in [6.07, 6.45) is 8.45. The van der Waals surface area contributed by atoms with Crippen molar-refractivity contribution >= 4 is 33.7 Å². The number of aryl methyl sites for hydroxylation is 1. The smallest absolute Gasteiger partial charge is 0.318 e. The Hall–Kier alpha value is -4.08. The number of benzene rings is 2. The van der Waals surface area contributed by atoms with E-state index in [0.717, 1.165) is 84.9 Å². The van der Waals surface area contributed by atoms with Crippen molar-refractivity contribution in [2.75, 3.05) is 34.9 Å². The lowest BCUT2D eigenvalue weighted by Gasteiger charge is -2.57. The molecular weight excluding hydrogens is 652 g/mol. The quantitative estimate of drug-likeness (QED) is 0.160. The summed E-state index contributed by atoms with van der Waals surface area (Å²) in [5, 5.41) is 6.25. The first-order chi connectivity index (χ1) is 25.3. The predicted octanol–water partition coefficient (Wildman–Crippen LogP) is 6.54. The number of aromatic amines is 2. The number of likely N-dealkylation sites (N-methyl/N-ethyl adjacent to an activating group) is 1. The van der Waals surface area contributed by atoms with Crippen molar-refractivity contribution in [1.29, 1.82) is 0 Å². The fourth-order valence-electron chi connectivity index (χ4n) is 12.1. The normalized spacial score (nSPS) is 33.2. The van der Waals surface area contributed by atoms with Crippen LogP contribution in [0.3, 0.4) is 0 Å². The Labute approximate surface area is 305 Å². The third-order valence-corrected chi connectivity index (χ3v) is 14.2. The van der Waals surface area contributed by atoms with E-state index in [9.17, 15) is 9.59 Å². The Morgan fingerprint density at radius 3 is 2.60 bits per heavy atom. The minimum atomic E-state index is -0.714. The standard InChI is InChI=1S/C43H52N4O5/c1-7-22-15-24-20-43(42(49)52-6)38(22)33(44-24)14-13-26-28-19-36(50-4)29(17-34(28)46-40(26)43)30-16-27-23(8-2)21-47(3)35(37(27)41(48)51-5)18-31-25-11-9-10-12-32(25)45-39(30)31/h8-12,17,19,22,24,27,30,33,35,37-38,44-46H,7,13-16,18,20-21H2,1-6H3. The number of likely N-dealkylation sites (tertiary alicyclic amines) is 1. The lowest BCUT2D eigenvalue weighted by atomic mass is 9.53. The molecule has 5 heterocycles. The van der Waals surface area contributed by atoms with Gasteiger partial charge < -0.3 is 29.5 Å². The van der Waals surface area contributed by atoms with Crippen LogP contribution in [0.2, 0.25) is 0 Å². The number of para-hydroxylation sites is 1. The Morgan fingerprint density at radius 1 is 1.02 bits per heavy atom. The van der Waals surface area contributed by atoms with Gasteiger partial charge in [0.25, 0.3) is 0 Å². The molecule has 52 heavy (non-hydrogen) atoms. The summed E-state index contributed by atoms with van der Waals surface area (Å²) in [5.74, 6) is 0.828. The summed E-state index contributed by atoms with van der Waals surface area (Å²) in [5.41, 5.74) is 8.49. The molecule has 3 N–H and O–H groups in total. The van der Waals surface area contributed by atoms with E-state index in [-0.39, 0.29) is 47.7 Å². The Bertz CT molecular complexity index is 2110. The number of piperidine rings is 3. The molecular formula is C43H52N4O5. The third-order valence-electron chi connectivity index (χ3n) is 14.2. The van der Waals surface area contributed by atoms with E-state index in [4.69, 9.17) is 14.2 Å². The fraction of sp³-hybridized carbons (Fsp3) is 0.535. The first kappa shape index (κ1) is 33.7. The van der Waals surface area contributed by atoms with E-state index in [0.29, 0.717) is 12.0 Å². The number of carbonyl (C=O) groups is 2. The minimum absolute atomic E-state index is 0.000215. The highest BCUT2D eigenvalue weighted by molar-refractivity contribution is 5.93. The van der Waals surface area contributed by atoms with Gasteiger partial charge >= 0.3 is 11.9 Å². The Balaban J connectivity index is 1.27. The SMILES string of the molecule is CC=C1CN(C)C2Cc3c([nH]c4ccccc34)C(c3cc4[nH]c5c(c4cc3OC)CCC3NC4CC(CC)C3C5(C(=O)OC)C4)CC1C2C(=O)OC. The van der Waals surface area contributed by atoms with E-state index in [2.05, 4.69) is 83.6 Å². The lowest BCUT2D eigenvalue weighted by Crippen LogP contribution is -2.67. The van der Waals surface area contributed by atoms with Crippen LogP contribution >= 0.6 is 0 Å². The van der Waals surface area contributed by atoms with Crippen molar-refractivity contribution < 1.29 is 23.8 Å². The number of H-pyrrole nitrogens is 2. The number of nitrogens with one attached hydrogen (secondary N) is 3. The van der Waals surface area contributed by atoms with Crippen LogP contribution in [0.15, 0.2) is 48.0 Å². The van der Waals surface area contributed by atoms with Crippen molar-refractivity contribution in [3.05, 3.63) is 76.1 Å². The number of hydrogen-bond acceptors (Lipinski definition) is 7. The molecule has 9 unspecified atom stereocenters. The van der Waals surface area contributed by atoms with Crippen molar-refractivity contribution in [3.63, 3.8) is 0 Å². The molecule has 0 radical (unpaired) electrons. The predicted molar refractivity (Wildman–Crippen MR) is 202 cm³/mol. The van der Waals surface area contributed by atoms with E-state index < -0.39 is 5.41 Å². The zero-order valence-corrected chi connectivity index (χ0v) is 31.3. The average molecular weight is 705 g/mol. The summed E-state index contributed by atoms with van der Waals surface area (Å²) in [4.78, 5) is 38.2. The molecule has 2 aromatic carbocycles. The molecule has 4 fully saturated rings. The van der Waals surface area contributed by atoms with Crippen LogP contribution in [0.4, 0.5) is 0 Å². The molecule has 9 nitrogen and oxygen atoms in total. The molecule has 6 bridgehead atoms. The molecule has 4 aromatic rings. The summed E-state index contributed by atoms with van der Waals surface area (Å²) >= 11 is 0. The maximum atomic E-state index is 14.2. The van der Waals surface area contributed by atoms with E-state index >= 15 is 0 Å². The number of ether oxygens (including phenoxy) is 3. The largest absolute Gasteiger partial charge is 0.496 e. The van der Waals surface area contributed by atoms with Gasteiger partial charge in [-0.15, -0.1) is 0 Å². The van der Waals surface area contributed by atoms with Crippen LogP contribution in [0, 0.1) is 23.7 Å². The van der Waals surface area contributed by atoms with Crippen LogP contribution < -0.4 is 10.1 Å². The molecule has 2 aromatic heterocycles. The molecule has 0 amide bonds. The van der Waals surface area contributed by atoms with Crippen LogP contribution in [-0.2, 0) is 37.3 Å². The number of fused-ring (bicyclic) bond motifs is 9. The van der Waals surface area contributed by atoms with Crippen molar-refractivity contribution in [2.45, 2.75) is 88.3 Å². The first-order valence-corrected chi connectivity index (χ1v) is 19.4. The molecule has 9 heteroatoms. The number of carbonyl (C=O) groups excluding carboxylic acids is 2. The fourth-order valence-corrected chi connectivity index (χ4v) is 12.1. The topological polar surface area (TPSA) is 109 Å². The third kappa shape index (κ3) is 4.67. The zero-order valence-electron chi connectivity index (χ0n) is 31.3. The Morgan fingerprint density at radius 2 is 1.85 bits per heavy atom. The highest BCUT2D eigenvalue weighted by Gasteiger charge is 2.63. The number of hydrogen-bond donors (Lipinski definition) is 3.